The van der Waals surface area contributed by atoms with E-state index in [0.717, 1.165) is 6.42 Å². The van der Waals surface area contributed by atoms with Crippen molar-refractivity contribution in [3.63, 3.8) is 0 Å². The molecule has 0 aromatic heterocycles. The summed E-state index contributed by atoms with van der Waals surface area (Å²) in [7, 11) is 0. The predicted molar refractivity (Wildman–Crippen MR) is 63.9 cm³/mol. The molecular formula is C11H21N3O3. The Balaban J connectivity index is 4.63. The topological polar surface area (TPSA) is 101 Å². The van der Waals surface area contributed by atoms with Gasteiger partial charge in [-0.15, -0.1) is 0 Å². The number of primary amides is 1. The maximum atomic E-state index is 11.9. The van der Waals surface area contributed by atoms with E-state index in [1.807, 2.05) is 13.8 Å². The van der Waals surface area contributed by atoms with Crippen LogP contribution in [0.1, 0.15) is 34.1 Å². The van der Waals surface area contributed by atoms with E-state index in [2.05, 4.69) is 10.6 Å². The highest BCUT2D eigenvalue weighted by molar-refractivity contribution is 5.91. The monoisotopic (exact) mass is 243 g/mol. The number of carbonyl (C=O) groups excluding carboxylic acids is 3. The third-order valence-electron chi connectivity index (χ3n) is 2.64. The molecule has 0 heterocycles. The number of nitrogens with one attached hydrogen (secondary N) is 2. The Morgan fingerprint density at radius 2 is 1.71 bits per heavy atom. The molecule has 0 spiro atoms. The van der Waals surface area contributed by atoms with Gasteiger partial charge in [-0.25, -0.2) is 0 Å². The van der Waals surface area contributed by atoms with Crippen LogP contribution in [0.2, 0.25) is 0 Å². The summed E-state index contributed by atoms with van der Waals surface area (Å²) in [6.45, 7) is 6.63. The van der Waals surface area contributed by atoms with Crippen LogP contribution in [-0.2, 0) is 14.4 Å². The van der Waals surface area contributed by atoms with Crippen LogP contribution in [-0.4, -0.2) is 29.8 Å². The van der Waals surface area contributed by atoms with Gasteiger partial charge in [-0.2, -0.15) is 0 Å². The highest BCUT2D eigenvalue weighted by Gasteiger charge is 2.26. The summed E-state index contributed by atoms with van der Waals surface area (Å²) < 4.78 is 0. The van der Waals surface area contributed by atoms with Crippen molar-refractivity contribution < 1.29 is 14.4 Å². The van der Waals surface area contributed by atoms with Gasteiger partial charge in [0.1, 0.15) is 12.1 Å². The Morgan fingerprint density at radius 1 is 1.18 bits per heavy atom. The lowest BCUT2D eigenvalue weighted by atomic mass is 9.98. The van der Waals surface area contributed by atoms with Crippen LogP contribution in [0.3, 0.4) is 0 Å². The standard InChI is InChI=1S/C11H21N3O3/c1-5-6(2)9(14-8(4)15)11(17)13-7(3)10(12)16/h6-7,9H,5H2,1-4H3,(H2,12,16)(H,13,17)(H,14,15)/t6-,7?,9-/m0/s1. The fourth-order valence-electron chi connectivity index (χ4n) is 1.30. The molecule has 0 aliphatic carbocycles. The average molecular weight is 243 g/mol. The molecule has 0 rings (SSSR count). The second-order valence-corrected chi connectivity index (χ2v) is 4.20. The molecule has 17 heavy (non-hydrogen) atoms. The summed E-state index contributed by atoms with van der Waals surface area (Å²) in [5, 5.41) is 5.04. The molecule has 3 atom stereocenters. The molecule has 1 unspecified atom stereocenters. The Labute approximate surface area is 101 Å². The predicted octanol–water partition coefficient (Wildman–Crippen LogP) is -0.473. The van der Waals surface area contributed by atoms with Crippen molar-refractivity contribution in [2.45, 2.75) is 46.2 Å². The summed E-state index contributed by atoms with van der Waals surface area (Å²) in [6.07, 6.45) is 0.739. The molecule has 6 nitrogen and oxygen atoms in total. The van der Waals surface area contributed by atoms with Gasteiger partial charge in [0.15, 0.2) is 0 Å². The molecule has 98 valence electrons. The third kappa shape index (κ3) is 5.33. The quantitative estimate of drug-likeness (QED) is 0.587. The SMILES string of the molecule is CC[C@H](C)[C@H](NC(C)=O)C(=O)NC(C)C(N)=O. The van der Waals surface area contributed by atoms with Crippen molar-refractivity contribution in [1.29, 1.82) is 0 Å². The van der Waals surface area contributed by atoms with E-state index in [-0.39, 0.29) is 17.7 Å². The molecule has 0 aromatic carbocycles. The minimum absolute atomic E-state index is 0.0148. The van der Waals surface area contributed by atoms with Crippen LogP contribution in [0.15, 0.2) is 0 Å². The molecule has 0 radical (unpaired) electrons. The molecule has 0 saturated carbocycles. The van der Waals surface area contributed by atoms with Gasteiger partial charge in [0.05, 0.1) is 0 Å². The van der Waals surface area contributed by atoms with Gasteiger partial charge in [0.2, 0.25) is 17.7 Å². The van der Waals surface area contributed by atoms with Crippen LogP contribution < -0.4 is 16.4 Å². The van der Waals surface area contributed by atoms with E-state index in [0.29, 0.717) is 0 Å². The van der Waals surface area contributed by atoms with E-state index in [4.69, 9.17) is 5.73 Å². The van der Waals surface area contributed by atoms with Gasteiger partial charge in [0, 0.05) is 6.92 Å². The van der Waals surface area contributed by atoms with Crippen molar-refractivity contribution in [3.05, 3.63) is 0 Å². The first-order chi connectivity index (χ1) is 7.79. The minimum atomic E-state index is -0.747. The van der Waals surface area contributed by atoms with Gasteiger partial charge in [0.25, 0.3) is 0 Å². The van der Waals surface area contributed by atoms with Gasteiger partial charge < -0.3 is 16.4 Å². The van der Waals surface area contributed by atoms with Crippen molar-refractivity contribution >= 4 is 17.7 Å². The smallest absolute Gasteiger partial charge is 0.243 e. The molecule has 0 bridgehead atoms. The van der Waals surface area contributed by atoms with E-state index in [9.17, 15) is 14.4 Å². The number of hydrogen-bond acceptors (Lipinski definition) is 3. The number of carbonyl (C=O) groups is 3. The minimum Gasteiger partial charge on any atom is -0.368 e. The van der Waals surface area contributed by atoms with Gasteiger partial charge >= 0.3 is 0 Å². The normalized spacial score (nSPS) is 15.5. The Bertz CT molecular complexity index is 304. The molecule has 0 aliphatic heterocycles. The first kappa shape index (κ1) is 15.4. The zero-order valence-electron chi connectivity index (χ0n) is 10.7. The molecule has 0 aliphatic rings. The highest BCUT2D eigenvalue weighted by Crippen LogP contribution is 2.08. The van der Waals surface area contributed by atoms with Crippen LogP contribution in [0, 0.1) is 5.92 Å². The number of amides is 3. The molecule has 0 saturated heterocycles. The first-order valence-electron chi connectivity index (χ1n) is 5.66. The van der Waals surface area contributed by atoms with E-state index >= 15 is 0 Å². The Morgan fingerprint density at radius 3 is 2.06 bits per heavy atom. The molecule has 0 aromatic rings. The molecule has 0 fully saturated rings. The van der Waals surface area contributed by atoms with Crippen molar-refractivity contribution in [2.75, 3.05) is 0 Å². The maximum Gasteiger partial charge on any atom is 0.243 e. The fraction of sp³-hybridized carbons (Fsp3) is 0.727. The molecule has 6 heteroatoms. The van der Waals surface area contributed by atoms with E-state index < -0.39 is 18.0 Å². The number of hydrogen-bond donors (Lipinski definition) is 3. The van der Waals surface area contributed by atoms with Crippen LogP contribution in [0.5, 0.6) is 0 Å². The van der Waals surface area contributed by atoms with Gasteiger partial charge in [-0.05, 0) is 12.8 Å². The van der Waals surface area contributed by atoms with Crippen molar-refractivity contribution in [1.82, 2.24) is 10.6 Å². The Hall–Kier alpha value is -1.59. The zero-order valence-corrected chi connectivity index (χ0v) is 10.7. The summed E-state index contributed by atoms with van der Waals surface area (Å²) in [5.41, 5.74) is 5.05. The molecule has 3 amide bonds. The Kier molecular flexibility index (Phi) is 6.23. The van der Waals surface area contributed by atoms with Gasteiger partial charge in [-0.1, -0.05) is 20.3 Å². The van der Waals surface area contributed by atoms with Crippen LogP contribution in [0.25, 0.3) is 0 Å². The maximum absolute atomic E-state index is 11.9. The van der Waals surface area contributed by atoms with Crippen molar-refractivity contribution in [2.24, 2.45) is 11.7 Å². The summed E-state index contributed by atoms with van der Waals surface area (Å²) in [6, 6.07) is -1.39. The second-order valence-electron chi connectivity index (χ2n) is 4.20. The van der Waals surface area contributed by atoms with Crippen LogP contribution >= 0.6 is 0 Å². The van der Waals surface area contributed by atoms with E-state index in [1.165, 1.54) is 13.8 Å². The number of rotatable bonds is 6. The van der Waals surface area contributed by atoms with E-state index in [1.54, 1.807) is 0 Å². The average Bonchev–Trinajstić information content (AvgIpc) is 2.24. The summed E-state index contributed by atoms with van der Waals surface area (Å²) in [4.78, 5) is 33.7. The fourth-order valence-corrected chi connectivity index (χ4v) is 1.30. The molecular weight excluding hydrogens is 222 g/mol. The third-order valence-corrected chi connectivity index (χ3v) is 2.64. The summed E-state index contributed by atoms with van der Waals surface area (Å²) in [5.74, 6) is -1.29. The number of nitrogens with two attached hydrogens (primary N) is 1. The summed E-state index contributed by atoms with van der Waals surface area (Å²) >= 11 is 0. The highest BCUT2D eigenvalue weighted by atomic mass is 16.2. The molecule has 4 N–H and O–H groups in total. The van der Waals surface area contributed by atoms with Crippen molar-refractivity contribution in [3.8, 4) is 0 Å². The van der Waals surface area contributed by atoms with Crippen LogP contribution in [0.4, 0.5) is 0 Å². The zero-order chi connectivity index (χ0) is 13.6. The lowest BCUT2D eigenvalue weighted by molar-refractivity contribution is -0.131. The first-order valence-corrected chi connectivity index (χ1v) is 5.66. The second kappa shape index (κ2) is 6.88. The van der Waals surface area contributed by atoms with Gasteiger partial charge in [-0.3, -0.25) is 14.4 Å². The largest absolute Gasteiger partial charge is 0.368 e. The lowest BCUT2D eigenvalue weighted by Gasteiger charge is -2.24. The lowest BCUT2D eigenvalue weighted by Crippen LogP contribution is -2.53.